The number of hydrogen-bond donors (Lipinski definition) is 0. The highest BCUT2D eigenvalue weighted by atomic mass is 32.1. The lowest BCUT2D eigenvalue weighted by molar-refractivity contribution is 0.414. The second kappa shape index (κ2) is 5.26. The maximum atomic E-state index is 11.8. The molecule has 0 radical (unpaired) electrons. The van der Waals surface area contributed by atoms with Gasteiger partial charge in [-0.15, -0.1) is 0 Å². The van der Waals surface area contributed by atoms with Gasteiger partial charge in [0.1, 0.15) is 11.3 Å². The average molecular weight is 285 g/mol. The van der Waals surface area contributed by atoms with Crippen LogP contribution in [0.4, 0.5) is 0 Å². The van der Waals surface area contributed by atoms with Crippen LogP contribution in [-0.2, 0) is 0 Å². The van der Waals surface area contributed by atoms with Crippen molar-refractivity contribution in [3.05, 3.63) is 57.5 Å². The van der Waals surface area contributed by atoms with Gasteiger partial charge >= 0.3 is 0 Å². The molecule has 0 aliphatic rings. The summed E-state index contributed by atoms with van der Waals surface area (Å²) in [6.45, 7) is 0. The summed E-state index contributed by atoms with van der Waals surface area (Å²) < 4.78 is 6.55. The molecule has 0 saturated heterocycles. The van der Waals surface area contributed by atoms with Crippen LogP contribution in [0.5, 0.6) is 5.75 Å². The van der Waals surface area contributed by atoms with E-state index < -0.39 is 0 Å². The summed E-state index contributed by atoms with van der Waals surface area (Å²) in [5.41, 5.74) is 2.94. The minimum atomic E-state index is -0.184. The summed E-state index contributed by atoms with van der Waals surface area (Å²) in [5.74, 6) is 0.777. The summed E-state index contributed by atoms with van der Waals surface area (Å²) in [6, 6.07) is 9.11. The molecule has 20 heavy (non-hydrogen) atoms. The van der Waals surface area contributed by atoms with Gasteiger partial charge in [-0.25, -0.2) is 4.98 Å². The second-order valence-electron chi connectivity index (χ2n) is 4.03. The first kappa shape index (κ1) is 12.6. The van der Waals surface area contributed by atoms with E-state index in [4.69, 9.17) is 4.74 Å². The quantitative estimate of drug-likeness (QED) is 0.741. The average Bonchev–Trinajstić information content (AvgIpc) is 2.94. The number of para-hydroxylation sites is 1. The predicted molar refractivity (Wildman–Crippen MR) is 79.1 cm³/mol. The lowest BCUT2D eigenvalue weighted by Gasteiger charge is -2.03. The van der Waals surface area contributed by atoms with Crippen LogP contribution in [0, 0.1) is 0 Å². The Morgan fingerprint density at radius 1 is 1.30 bits per heavy atom. The monoisotopic (exact) mass is 285 g/mol. The molecule has 0 aliphatic heterocycles. The highest BCUT2D eigenvalue weighted by Crippen LogP contribution is 2.19. The molecule has 0 spiro atoms. The van der Waals surface area contributed by atoms with Crippen LogP contribution in [0.1, 0.15) is 11.3 Å². The van der Waals surface area contributed by atoms with E-state index in [0.717, 1.165) is 11.3 Å². The van der Waals surface area contributed by atoms with Crippen LogP contribution in [0.3, 0.4) is 0 Å². The summed E-state index contributed by atoms with van der Waals surface area (Å²) in [5, 5.41) is 3.92. The molecule has 3 rings (SSSR count). The Kier molecular flexibility index (Phi) is 3.30. The van der Waals surface area contributed by atoms with E-state index in [9.17, 15) is 4.79 Å². The van der Waals surface area contributed by atoms with E-state index in [1.165, 1.54) is 21.9 Å². The highest BCUT2D eigenvalue weighted by Gasteiger charge is 2.02. The van der Waals surface area contributed by atoms with Gasteiger partial charge in [0.15, 0.2) is 0 Å². The third-order valence-electron chi connectivity index (χ3n) is 2.78. The van der Waals surface area contributed by atoms with Crippen molar-refractivity contribution in [2.75, 3.05) is 7.11 Å². The number of fused-ring (bicyclic) bond motifs is 1. The van der Waals surface area contributed by atoms with Gasteiger partial charge in [-0.2, -0.15) is 9.61 Å². The Balaban J connectivity index is 2.00. The zero-order valence-electron chi connectivity index (χ0n) is 10.7. The minimum absolute atomic E-state index is 0.184. The van der Waals surface area contributed by atoms with E-state index in [1.54, 1.807) is 18.7 Å². The maximum Gasteiger partial charge on any atom is 0.275 e. The van der Waals surface area contributed by atoms with Gasteiger partial charge in [0, 0.05) is 11.6 Å². The number of benzene rings is 1. The van der Waals surface area contributed by atoms with Crippen LogP contribution >= 0.6 is 11.3 Å². The molecule has 0 bridgehead atoms. The van der Waals surface area contributed by atoms with Crippen LogP contribution < -0.4 is 10.3 Å². The molecule has 2 heterocycles. The number of methoxy groups -OCH3 is 1. The number of aromatic nitrogens is 3. The number of ether oxygens (including phenoxy) is 1. The summed E-state index contributed by atoms with van der Waals surface area (Å²) in [4.78, 5) is 16.7. The SMILES string of the molecule is COc1ccccc1/C=C/c1cc(=O)n2ncsc2n1. The smallest absolute Gasteiger partial charge is 0.275 e. The van der Waals surface area contributed by atoms with Crippen LogP contribution in [0.2, 0.25) is 0 Å². The zero-order chi connectivity index (χ0) is 13.9. The molecule has 6 heteroatoms. The third-order valence-corrected chi connectivity index (χ3v) is 3.45. The molecule has 0 amide bonds. The minimum Gasteiger partial charge on any atom is -0.496 e. The summed E-state index contributed by atoms with van der Waals surface area (Å²) in [6.07, 6.45) is 3.66. The van der Waals surface area contributed by atoms with Gasteiger partial charge in [0.05, 0.1) is 12.8 Å². The van der Waals surface area contributed by atoms with Crippen molar-refractivity contribution >= 4 is 28.4 Å². The van der Waals surface area contributed by atoms with E-state index in [-0.39, 0.29) is 5.56 Å². The van der Waals surface area contributed by atoms with Crippen molar-refractivity contribution in [2.45, 2.75) is 0 Å². The molecule has 2 aromatic heterocycles. The molecule has 0 unspecified atom stereocenters. The highest BCUT2D eigenvalue weighted by molar-refractivity contribution is 7.14. The van der Waals surface area contributed by atoms with Crippen LogP contribution in [0.15, 0.2) is 40.6 Å². The Bertz CT molecular complexity index is 836. The Hall–Kier alpha value is -2.47. The molecule has 100 valence electrons. The zero-order valence-corrected chi connectivity index (χ0v) is 11.5. The van der Waals surface area contributed by atoms with Crippen molar-refractivity contribution in [1.82, 2.24) is 14.6 Å². The lowest BCUT2D eigenvalue weighted by atomic mass is 10.2. The van der Waals surface area contributed by atoms with E-state index in [0.29, 0.717) is 10.7 Å². The van der Waals surface area contributed by atoms with Crippen molar-refractivity contribution in [2.24, 2.45) is 0 Å². The van der Waals surface area contributed by atoms with E-state index in [1.807, 2.05) is 30.3 Å². The van der Waals surface area contributed by atoms with Gasteiger partial charge in [0.25, 0.3) is 5.56 Å². The Morgan fingerprint density at radius 2 is 2.15 bits per heavy atom. The molecule has 0 fully saturated rings. The van der Waals surface area contributed by atoms with Crippen molar-refractivity contribution in [3.8, 4) is 5.75 Å². The first-order valence-corrected chi connectivity index (χ1v) is 6.80. The lowest BCUT2D eigenvalue weighted by Crippen LogP contribution is -2.13. The first-order valence-electron chi connectivity index (χ1n) is 5.92. The van der Waals surface area contributed by atoms with Crippen LogP contribution in [-0.4, -0.2) is 21.7 Å². The van der Waals surface area contributed by atoms with Gasteiger partial charge in [0.2, 0.25) is 4.96 Å². The second-order valence-corrected chi connectivity index (χ2v) is 4.84. The topological polar surface area (TPSA) is 56.5 Å². The van der Waals surface area contributed by atoms with Gasteiger partial charge < -0.3 is 4.74 Å². The van der Waals surface area contributed by atoms with E-state index in [2.05, 4.69) is 10.1 Å². The predicted octanol–water partition coefficient (Wildman–Crippen LogP) is 2.33. The number of nitrogens with zero attached hydrogens (tertiary/aromatic N) is 3. The molecule has 0 atom stereocenters. The van der Waals surface area contributed by atoms with Crippen LogP contribution in [0.25, 0.3) is 17.1 Å². The molecular formula is C14H11N3O2S. The fourth-order valence-corrected chi connectivity index (χ4v) is 2.47. The maximum absolute atomic E-state index is 11.8. The van der Waals surface area contributed by atoms with Gasteiger partial charge in [-0.1, -0.05) is 29.5 Å². The molecule has 0 saturated carbocycles. The van der Waals surface area contributed by atoms with Crippen molar-refractivity contribution in [3.63, 3.8) is 0 Å². The fourth-order valence-electron chi connectivity index (χ4n) is 1.84. The molecular weight excluding hydrogens is 274 g/mol. The molecule has 0 aliphatic carbocycles. The van der Waals surface area contributed by atoms with Crippen molar-refractivity contribution < 1.29 is 4.74 Å². The standard InChI is InChI=1S/C14H11N3O2S/c1-19-12-5-3-2-4-10(12)6-7-11-8-13(18)17-14(16-11)20-9-15-17/h2-9H,1H3/b7-6+. The van der Waals surface area contributed by atoms with Gasteiger partial charge in [-0.3, -0.25) is 4.79 Å². The Labute approximate surface area is 118 Å². The summed E-state index contributed by atoms with van der Waals surface area (Å²) >= 11 is 1.33. The molecule has 5 nitrogen and oxygen atoms in total. The normalized spacial score (nSPS) is 11.2. The molecule has 3 aromatic rings. The van der Waals surface area contributed by atoms with Crippen molar-refractivity contribution in [1.29, 1.82) is 0 Å². The number of rotatable bonds is 3. The molecule has 0 N–H and O–H groups in total. The summed E-state index contributed by atoms with van der Waals surface area (Å²) in [7, 11) is 1.63. The first-order chi connectivity index (χ1) is 9.78. The number of hydrogen-bond acceptors (Lipinski definition) is 5. The largest absolute Gasteiger partial charge is 0.496 e. The van der Waals surface area contributed by atoms with Gasteiger partial charge in [-0.05, 0) is 18.2 Å². The Morgan fingerprint density at radius 3 is 3.00 bits per heavy atom. The molecule has 1 aromatic carbocycles. The van der Waals surface area contributed by atoms with E-state index >= 15 is 0 Å². The third kappa shape index (κ3) is 2.33. The fraction of sp³-hybridized carbons (Fsp3) is 0.0714.